The first-order valence-electron chi connectivity index (χ1n) is 7.88. The first kappa shape index (κ1) is 14.8. The van der Waals surface area contributed by atoms with Gasteiger partial charge in [-0.15, -0.1) is 0 Å². The highest BCUT2D eigenvalue weighted by molar-refractivity contribution is 5.82. The lowest BCUT2D eigenvalue weighted by atomic mass is 10.1. The van der Waals surface area contributed by atoms with Crippen LogP contribution < -0.4 is 20.0 Å². The number of benzene rings is 2. The molecule has 0 fully saturated rings. The van der Waals surface area contributed by atoms with E-state index in [0.717, 1.165) is 35.5 Å². The molecule has 2 heterocycles. The summed E-state index contributed by atoms with van der Waals surface area (Å²) >= 11 is 0. The standard InChI is InChI=1S/C19H17NO4/c1-22-15-6-2-13(3-7-15)10-20-11-16-17(23-12-20)8-4-14-5-9-18(21)24-19(14)16/h2-9H,10-12H2,1H3/p+1. The molecule has 0 saturated heterocycles. The summed E-state index contributed by atoms with van der Waals surface area (Å²) in [7, 11) is 1.66. The molecule has 0 aliphatic carbocycles. The van der Waals surface area contributed by atoms with Gasteiger partial charge in [0.05, 0.1) is 12.7 Å². The van der Waals surface area contributed by atoms with Crippen molar-refractivity contribution in [1.82, 2.24) is 0 Å². The minimum Gasteiger partial charge on any atom is -0.497 e. The minimum absolute atomic E-state index is 0.335. The number of methoxy groups -OCH3 is 1. The summed E-state index contributed by atoms with van der Waals surface area (Å²) in [4.78, 5) is 12.8. The zero-order chi connectivity index (χ0) is 16.5. The average Bonchev–Trinajstić information content (AvgIpc) is 2.62. The van der Waals surface area contributed by atoms with Crippen LogP contribution in [0.25, 0.3) is 11.0 Å². The molecule has 0 bridgehead atoms. The largest absolute Gasteiger partial charge is 0.497 e. The van der Waals surface area contributed by atoms with Crippen LogP contribution in [0, 0.1) is 0 Å². The monoisotopic (exact) mass is 324 g/mol. The number of ether oxygens (including phenoxy) is 2. The van der Waals surface area contributed by atoms with E-state index in [-0.39, 0.29) is 5.63 Å². The van der Waals surface area contributed by atoms with Gasteiger partial charge >= 0.3 is 5.63 Å². The Labute approximate surface area is 139 Å². The SMILES string of the molecule is COc1ccc(C[NH+]2COc3ccc4ccc(=O)oc4c3C2)cc1. The Balaban J connectivity index is 1.62. The number of fused-ring (bicyclic) bond motifs is 3. The molecular formula is C19H18NO4+. The molecule has 1 unspecified atom stereocenters. The van der Waals surface area contributed by atoms with Gasteiger partial charge in [-0.3, -0.25) is 4.90 Å². The molecule has 1 N–H and O–H groups in total. The smallest absolute Gasteiger partial charge is 0.336 e. The third-order valence-electron chi connectivity index (χ3n) is 4.32. The molecule has 0 amide bonds. The summed E-state index contributed by atoms with van der Waals surface area (Å²) in [5.41, 5.74) is 2.46. The van der Waals surface area contributed by atoms with Crippen LogP contribution in [0.2, 0.25) is 0 Å². The van der Waals surface area contributed by atoms with E-state index in [1.54, 1.807) is 13.2 Å². The quantitative estimate of drug-likeness (QED) is 0.746. The molecular weight excluding hydrogens is 306 g/mol. The van der Waals surface area contributed by atoms with Crippen molar-refractivity contribution in [3.05, 3.63) is 70.1 Å². The summed E-state index contributed by atoms with van der Waals surface area (Å²) in [6.07, 6.45) is 0. The molecule has 122 valence electrons. The molecule has 1 aliphatic heterocycles. The maximum atomic E-state index is 11.6. The van der Waals surface area contributed by atoms with Crippen molar-refractivity contribution in [2.24, 2.45) is 0 Å². The number of hydrogen-bond donors (Lipinski definition) is 1. The number of nitrogens with one attached hydrogen (secondary N) is 1. The van der Waals surface area contributed by atoms with Crippen molar-refractivity contribution in [1.29, 1.82) is 0 Å². The summed E-state index contributed by atoms with van der Waals surface area (Å²) in [5.74, 6) is 1.65. The first-order valence-corrected chi connectivity index (χ1v) is 7.88. The fourth-order valence-electron chi connectivity index (χ4n) is 3.10. The predicted molar refractivity (Wildman–Crippen MR) is 89.3 cm³/mol. The van der Waals surface area contributed by atoms with Gasteiger partial charge in [-0.2, -0.15) is 0 Å². The number of quaternary nitrogens is 1. The van der Waals surface area contributed by atoms with Crippen LogP contribution in [0.1, 0.15) is 11.1 Å². The maximum absolute atomic E-state index is 11.6. The van der Waals surface area contributed by atoms with Crippen molar-refractivity contribution in [3.63, 3.8) is 0 Å². The molecule has 24 heavy (non-hydrogen) atoms. The van der Waals surface area contributed by atoms with Gasteiger partial charge in [0.2, 0.25) is 6.73 Å². The van der Waals surface area contributed by atoms with Gasteiger partial charge in [0.1, 0.15) is 24.6 Å². The lowest BCUT2D eigenvalue weighted by Crippen LogP contribution is -3.10. The Morgan fingerprint density at radius 2 is 1.88 bits per heavy atom. The second-order valence-corrected chi connectivity index (χ2v) is 5.96. The second kappa shape index (κ2) is 6.02. The summed E-state index contributed by atoms with van der Waals surface area (Å²) in [6, 6.07) is 15.1. The van der Waals surface area contributed by atoms with E-state index in [1.165, 1.54) is 16.5 Å². The van der Waals surface area contributed by atoms with Crippen LogP contribution in [-0.4, -0.2) is 13.8 Å². The molecule has 1 atom stereocenters. The molecule has 5 heteroatoms. The van der Waals surface area contributed by atoms with Gasteiger partial charge in [0.15, 0.2) is 5.58 Å². The Bertz CT molecular complexity index is 930. The lowest BCUT2D eigenvalue weighted by Gasteiger charge is -2.26. The maximum Gasteiger partial charge on any atom is 0.336 e. The highest BCUT2D eigenvalue weighted by Crippen LogP contribution is 2.28. The normalized spacial score (nSPS) is 16.5. The highest BCUT2D eigenvalue weighted by atomic mass is 16.5. The van der Waals surface area contributed by atoms with Gasteiger partial charge in [-0.25, -0.2) is 4.79 Å². The van der Waals surface area contributed by atoms with E-state index in [2.05, 4.69) is 12.1 Å². The van der Waals surface area contributed by atoms with E-state index < -0.39 is 0 Å². The summed E-state index contributed by atoms with van der Waals surface area (Å²) in [6.45, 7) is 2.17. The van der Waals surface area contributed by atoms with E-state index in [0.29, 0.717) is 12.3 Å². The highest BCUT2D eigenvalue weighted by Gasteiger charge is 2.24. The van der Waals surface area contributed by atoms with E-state index in [1.807, 2.05) is 24.3 Å². The van der Waals surface area contributed by atoms with Crippen molar-refractivity contribution in [2.75, 3.05) is 13.8 Å². The van der Waals surface area contributed by atoms with E-state index in [4.69, 9.17) is 13.9 Å². The topological polar surface area (TPSA) is 53.1 Å². The summed E-state index contributed by atoms with van der Waals surface area (Å²) in [5, 5.41) is 0.919. The van der Waals surface area contributed by atoms with Crippen LogP contribution in [0.15, 0.2) is 57.7 Å². The fraction of sp³-hybridized carbons (Fsp3) is 0.211. The van der Waals surface area contributed by atoms with Crippen molar-refractivity contribution < 1.29 is 18.8 Å². The third kappa shape index (κ3) is 2.74. The molecule has 0 saturated carbocycles. The molecule has 4 rings (SSSR count). The molecule has 1 aliphatic rings. The molecule has 1 aromatic heterocycles. The first-order chi connectivity index (χ1) is 11.7. The van der Waals surface area contributed by atoms with Gasteiger partial charge in [0, 0.05) is 17.0 Å². The average molecular weight is 324 g/mol. The van der Waals surface area contributed by atoms with Gasteiger partial charge < -0.3 is 13.9 Å². The summed E-state index contributed by atoms with van der Waals surface area (Å²) < 4.78 is 16.5. The number of hydrogen-bond acceptors (Lipinski definition) is 4. The second-order valence-electron chi connectivity index (χ2n) is 5.96. The van der Waals surface area contributed by atoms with Crippen LogP contribution in [0.5, 0.6) is 11.5 Å². The third-order valence-corrected chi connectivity index (χ3v) is 4.32. The molecule has 5 nitrogen and oxygen atoms in total. The van der Waals surface area contributed by atoms with E-state index >= 15 is 0 Å². The van der Waals surface area contributed by atoms with E-state index in [9.17, 15) is 4.79 Å². The Hall–Kier alpha value is -2.79. The fourth-order valence-corrected chi connectivity index (χ4v) is 3.10. The Morgan fingerprint density at radius 1 is 1.08 bits per heavy atom. The predicted octanol–water partition coefficient (Wildman–Crippen LogP) is 1.74. The van der Waals surface area contributed by atoms with Gasteiger partial charge in [-0.1, -0.05) is 0 Å². The van der Waals surface area contributed by atoms with Gasteiger partial charge in [-0.05, 0) is 42.5 Å². The number of rotatable bonds is 3. The van der Waals surface area contributed by atoms with Crippen molar-refractivity contribution in [3.8, 4) is 11.5 Å². The lowest BCUT2D eigenvalue weighted by molar-refractivity contribution is -0.945. The zero-order valence-electron chi connectivity index (χ0n) is 13.4. The molecule has 0 spiro atoms. The molecule has 2 aromatic carbocycles. The van der Waals surface area contributed by atoms with Crippen molar-refractivity contribution in [2.45, 2.75) is 13.1 Å². The minimum atomic E-state index is -0.335. The van der Waals surface area contributed by atoms with Crippen LogP contribution in [0.3, 0.4) is 0 Å². The van der Waals surface area contributed by atoms with Crippen molar-refractivity contribution >= 4 is 11.0 Å². The molecule has 0 radical (unpaired) electrons. The zero-order valence-corrected chi connectivity index (χ0v) is 13.4. The van der Waals surface area contributed by atoms with Crippen LogP contribution in [-0.2, 0) is 13.1 Å². The van der Waals surface area contributed by atoms with Crippen LogP contribution >= 0.6 is 0 Å². The van der Waals surface area contributed by atoms with Gasteiger partial charge in [0.25, 0.3) is 0 Å². The van der Waals surface area contributed by atoms with Crippen LogP contribution in [0.4, 0.5) is 0 Å². The Morgan fingerprint density at radius 3 is 2.67 bits per heavy atom. The molecule has 3 aromatic rings. The Kier molecular flexibility index (Phi) is 3.70.